The molecular formula is C11H20N2O3. The number of likely N-dealkylation sites (tertiary alicyclic amines) is 1. The lowest BCUT2D eigenvalue weighted by molar-refractivity contribution is -0.138. The summed E-state index contributed by atoms with van der Waals surface area (Å²) >= 11 is 0. The van der Waals surface area contributed by atoms with Gasteiger partial charge in [0.15, 0.2) is 0 Å². The van der Waals surface area contributed by atoms with Crippen LogP contribution in [0.4, 0.5) is 0 Å². The number of amides is 1. The predicted octanol–water partition coefficient (Wildman–Crippen LogP) is -0.701. The number of rotatable bonds is 2. The molecule has 0 aromatic heterocycles. The van der Waals surface area contributed by atoms with Gasteiger partial charge in [-0.3, -0.25) is 9.69 Å². The van der Waals surface area contributed by atoms with Crippen LogP contribution in [0.3, 0.4) is 0 Å². The number of likely N-dealkylation sites (N-methyl/N-ethyl adjacent to an activating group) is 1. The van der Waals surface area contributed by atoms with Gasteiger partial charge in [0.25, 0.3) is 0 Å². The molecule has 0 aromatic carbocycles. The number of carbonyl (C=O) groups excluding carboxylic acids is 1. The highest BCUT2D eigenvalue weighted by molar-refractivity contribution is 5.83. The Labute approximate surface area is 96.0 Å². The first-order valence-corrected chi connectivity index (χ1v) is 5.87. The zero-order valence-electron chi connectivity index (χ0n) is 9.93. The highest BCUT2D eigenvalue weighted by Crippen LogP contribution is 2.20. The van der Waals surface area contributed by atoms with Crippen LogP contribution in [0.15, 0.2) is 0 Å². The fourth-order valence-corrected chi connectivity index (χ4v) is 2.58. The van der Waals surface area contributed by atoms with Crippen molar-refractivity contribution in [2.75, 3.05) is 33.3 Å². The Morgan fingerprint density at radius 2 is 2.25 bits per heavy atom. The van der Waals surface area contributed by atoms with E-state index in [0.717, 1.165) is 19.5 Å². The molecule has 0 saturated carbocycles. The molecule has 2 fully saturated rings. The molecule has 2 saturated heterocycles. The van der Waals surface area contributed by atoms with Crippen molar-refractivity contribution in [3.63, 3.8) is 0 Å². The first kappa shape index (κ1) is 11.8. The van der Waals surface area contributed by atoms with E-state index >= 15 is 0 Å². The monoisotopic (exact) mass is 228 g/mol. The van der Waals surface area contributed by atoms with Crippen molar-refractivity contribution in [2.24, 2.45) is 0 Å². The zero-order chi connectivity index (χ0) is 11.7. The van der Waals surface area contributed by atoms with Gasteiger partial charge in [0.2, 0.25) is 5.91 Å². The van der Waals surface area contributed by atoms with E-state index in [1.807, 2.05) is 14.0 Å². The van der Waals surface area contributed by atoms with Crippen LogP contribution < -0.4 is 0 Å². The van der Waals surface area contributed by atoms with Gasteiger partial charge in [-0.2, -0.15) is 0 Å². The second-order valence-electron chi connectivity index (χ2n) is 4.77. The third-order valence-electron chi connectivity index (χ3n) is 3.40. The van der Waals surface area contributed by atoms with E-state index in [4.69, 9.17) is 9.84 Å². The normalized spacial score (nSPS) is 37.1. The zero-order valence-corrected chi connectivity index (χ0v) is 9.93. The molecule has 0 bridgehead atoms. The van der Waals surface area contributed by atoms with Crippen LogP contribution in [-0.2, 0) is 9.53 Å². The van der Waals surface area contributed by atoms with Crippen LogP contribution >= 0.6 is 0 Å². The fourth-order valence-electron chi connectivity index (χ4n) is 2.58. The summed E-state index contributed by atoms with van der Waals surface area (Å²) in [6.45, 7) is 4.28. The summed E-state index contributed by atoms with van der Waals surface area (Å²) in [5.74, 6) is 0.200. The highest BCUT2D eigenvalue weighted by atomic mass is 16.5. The summed E-state index contributed by atoms with van der Waals surface area (Å²) in [7, 11) is 1.84. The SMILES string of the molecule is CC1CN(C2CCN(C)C2=O)CC(CO)O1. The van der Waals surface area contributed by atoms with Gasteiger partial charge in [-0.05, 0) is 13.3 Å². The Morgan fingerprint density at radius 3 is 2.81 bits per heavy atom. The molecule has 16 heavy (non-hydrogen) atoms. The van der Waals surface area contributed by atoms with Gasteiger partial charge in [0.05, 0.1) is 24.9 Å². The number of ether oxygens (including phenoxy) is 1. The molecule has 2 aliphatic heterocycles. The molecule has 3 unspecified atom stereocenters. The van der Waals surface area contributed by atoms with E-state index < -0.39 is 0 Å². The van der Waals surface area contributed by atoms with Gasteiger partial charge in [0, 0.05) is 26.7 Å². The van der Waals surface area contributed by atoms with Crippen LogP contribution in [0, 0.1) is 0 Å². The van der Waals surface area contributed by atoms with Gasteiger partial charge in [-0.1, -0.05) is 0 Å². The smallest absolute Gasteiger partial charge is 0.239 e. The number of aliphatic hydroxyl groups excluding tert-OH is 1. The average molecular weight is 228 g/mol. The molecule has 2 aliphatic rings. The maximum Gasteiger partial charge on any atom is 0.239 e. The van der Waals surface area contributed by atoms with Crippen molar-refractivity contribution in [3.8, 4) is 0 Å². The lowest BCUT2D eigenvalue weighted by atomic mass is 10.1. The predicted molar refractivity (Wildman–Crippen MR) is 59.0 cm³/mol. The quantitative estimate of drug-likeness (QED) is 0.679. The van der Waals surface area contributed by atoms with E-state index in [1.54, 1.807) is 4.90 Å². The van der Waals surface area contributed by atoms with E-state index in [0.29, 0.717) is 6.54 Å². The van der Waals surface area contributed by atoms with Crippen molar-refractivity contribution >= 4 is 5.91 Å². The van der Waals surface area contributed by atoms with Gasteiger partial charge in [-0.25, -0.2) is 0 Å². The van der Waals surface area contributed by atoms with Gasteiger partial charge >= 0.3 is 0 Å². The molecular weight excluding hydrogens is 208 g/mol. The minimum Gasteiger partial charge on any atom is -0.394 e. The van der Waals surface area contributed by atoms with Crippen LogP contribution in [0.25, 0.3) is 0 Å². The van der Waals surface area contributed by atoms with Crippen molar-refractivity contribution in [2.45, 2.75) is 31.6 Å². The van der Waals surface area contributed by atoms with Gasteiger partial charge in [0.1, 0.15) is 0 Å². The summed E-state index contributed by atoms with van der Waals surface area (Å²) in [6, 6.07) is -0.00889. The van der Waals surface area contributed by atoms with Crippen molar-refractivity contribution in [3.05, 3.63) is 0 Å². The molecule has 1 amide bonds. The van der Waals surface area contributed by atoms with Crippen LogP contribution in [0.5, 0.6) is 0 Å². The molecule has 2 heterocycles. The van der Waals surface area contributed by atoms with Crippen molar-refractivity contribution < 1.29 is 14.6 Å². The molecule has 5 heteroatoms. The first-order chi connectivity index (χ1) is 7.61. The molecule has 5 nitrogen and oxygen atoms in total. The van der Waals surface area contributed by atoms with Gasteiger partial charge < -0.3 is 14.7 Å². The Kier molecular flexibility index (Phi) is 3.47. The Bertz CT molecular complexity index is 272. The van der Waals surface area contributed by atoms with Crippen LogP contribution in [0.2, 0.25) is 0 Å². The van der Waals surface area contributed by atoms with E-state index in [9.17, 15) is 4.79 Å². The molecule has 0 aliphatic carbocycles. The number of hydrogen-bond donors (Lipinski definition) is 1. The number of hydrogen-bond acceptors (Lipinski definition) is 4. The number of nitrogens with zero attached hydrogens (tertiary/aromatic N) is 2. The lowest BCUT2D eigenvalue weighted by Gasteiger charge is -2.38. The summed E-state index contributed by atoms with van der Waals surface area (Å²) in [4.78, 5) is 15.8. The minimum absolute atomic E-state index is 0.00889. The lowest BCUT2D eigenvalue weighted by Crippen LogP contribution is -2.53. The first-order valence-electron chi connectivity index (χ1n) is 5.87. The molecule has 0 radical (unpaired) electrons. The number of carbonyl (C=O) groups is 1. The van der Waals surface area contributed by atoms with Gasteiger partial charge in [-0.15, -0.1) is 0 Å². The van der Waals surface area contributed by atoms with Crippen LogP contribution in [-0.4, -0.2) is 72.4 Å². The molecule has 2 rings (SSSR count). The minimum atomic E-state index is -0.151. The summed E-state index contributed by atoms with van der Waals surface area (Å²) in [6.07, 6.45) is 0.826. The van der Waals surface area contributed by atoms with Crippen molar-refractivity contribution in [1.82, 2.24) is 9.80 Å². The van der Waals surface area contributed by atoms with E-state index in [-0.39, 0.29) is 30.8 Å². The summed E-state index contributed by atoms with van der Waals surface area (Å²) in [5.41, 5.74) is 0. The Hall–Kier alpha value is -0.650. The average Bonchev–Trinajstić information content (AvgIpc) is 2.59. The Morgan fingerprint density at radius 1 is 1.50 bits per heavy atom. The van der Waals surface area contributed by atoms with Crippen LogP contribution in [0.1, 0.15) is 13.3 Å². The summed E-state index contributed by atoms with van der Waals surface area (Å²) in [5, 5.41) is 9.14. The third-order valence-corrected chi connectivity index (χ3v) is 3.40. The molecule has 0 aromatic rings. The molecule has 3 atom stereocenters. The molecule has 92 valence electrons. The fraction of sp³-hybridized carbons (Fsp3) is 0.909. The van der Waals surface area contributed by atoms with E-state index in [1.165, 1.54) is 0 Å². The second-order valence-corrected chi connectivity index (χ2v) is 4.77. The van der Waals surface area contributed by atoms with Crippen molar-refractivity contribution in [1.29, 1.82) is 0 Å². The maximum atomic E-state index is 11.9. The second kappa shape index (κ2) is 4.69. The Balaban J connectivity index is 2.01. The highest BCUT2D eigenvalue weighted by Gasteiger charge is 2.37. The molecule has 0 spiro atoms. The van der Waals surface area contributed by atoms with E-state index in [2.05, 4.69) is 4.90 Å². The topological polar surface area (TPSA) is 53.0 Å². The standard InChI is InChI=1S/C11H20N2O3/c1-8-5-13(6-9(7-14)16-8)10-3-4-12(2)11(10)15/h8-10,14H,3-7H2,1-2H3. The number of morpholine rings is 1. The maximum absolute atomic E-state index is 11.9. The summed E-state index contributed by atoms with van der Waals surface area (Å²) < 4.78 is 5.57. The largest absolute Gasteiger partial charge is 0.394 e. The third kappa shape index (κ3) is 2.21. The number of aliphatic hydroxyl groups is 1. The molecule has 1 N–H and O–H groups in total.